The fourth-order valence-corrected chi connectivity index (χ4v) is 1.74. The van der Waals surface area contributed by atoms with Crippen LogP contribution in [-0.2, 0) is 13.2 Å². The maximum Gasteiger partial charge on any atom is 0.130 e. The Balaban J connectivity index is 1.91. The molecule has 0 radical (unpaired) electrons. The van der Waals surface area contributed by atoms with E-state index in [1.54, 1.807) is 19.1 Å². The van der Waals surface area contributed by atoms with Gasteiger partial charge in [-0.3, -0.25) is 4.98 Å². The van der Waals surface area contributed by atoms with Gasteiger partial charge in [0.1, 0.15) is 18.2 Å². The zero-order valence-electron chi connectivity index (χ0n) is 11.8. The molecule has 0 fully saturated rings. The molecule has 0 saturated heterocycles. The lowest BCUT2D eigenvalue weighted by atomic mass is 10.2. The molecule has 0 atom stereocenters. The first-order valence-electron chi connectivity index (χ1n) is 6.72. The Labute approximate surface area is 118 Å². The largest absolute Gasteiger partial charge is 0.487 e. The smallest absolute Gasteiger partial charge is 0.130 e. The SMILES string of the molecule is CCNCc1ccc(COc2ccc(C)c(F)c2)nc1. The third kappa shape index (κ3) is 4.03. The predicted octanol–water partition coefficient (Wildman–Crippen LogP) is 3.22. The van der Waals surface area contributed by atoms with Crippen molar-refractivity contribution in [2.24, 2.45) is 0 Å². The van der Waals surface area contributed by atoms with E-state index >= 15 is 0 Å². The predicted molar refractivity (Wildman–Crippen MR) is 77.1 cm³/mol. The monoisotopic (exact) mass is 274 g/mol. The van der Waals surface area contributed by atoms with Crippen LogP contribution >= 0.6 is 0 Å². The van der Waals surface area contributed by atoms with Crippen LogP contribution in [0.25, 0.3) is 0 Å². The van der Waals surface area contributed by atoms with Crippen molar-refractivity contribution in [3.63, 3.8) is 0 Å². The van der Waals surface area contributed by atoms with E-state index in [4.69, 9.17) is 4.74 Å². The molecule has 106 valence electrons. The van der Waals surface area contributed by atoms with Crippen LogP contribution in [0.1, 0.15) is 23.7 Å². The zero-order valence-corrected chi connectivity index (χ0v) is 11.8. The number of pyridine rings is 1. The van der Waals surface area contributed by atoms with E-state index < -0.39 is 0 Å². The van der Waals surface area contributed by atoms with Gasteiger partial charge in [0.2, 0.25) is 0 Å². The van der Waals surface area contributed by atoms with Gasteiger partial charge in [-0.15, -0.1) is 0 Å². The highest BCUT2D eigenvalue weighted by Gasteiger charge is 2.02. The first-order chi connectivity index (χ1) is 9.69. The molecule has 0 unspecified atom stereocenters. The second kappa shape index (κ2) is 7.01. The van der Waals surface area contributed by atoms with Crippen LogP contribution in [0.2, 0.25) is 0 Å². The van der Waals surface area contributed by atoms with Gasteiger partial charge in [-0.05, 0) is 36.7 Å². The summed E-state index contributed by atoms with van der Waals surface area (Å²) in [5.41, 5.74) is 2.58. The second-order valence-corrected chi connectivity index (χ2v) is 4.64. The maximum absolute atomic E-state index is 13.4. The summed E-state index contributed by atoms with van der Waals surface area (Å²) in [6.45, 7) is 5.88. The van der Waals surface area contributed by atoms with Crippen molar-refractivity contribution in [1.29, 1.82) is 0 Å². The Morgan fingerprint density at radius 3 is 2.75 bits per heavy atom. The molecule has 1 aromatic heterocycles. The molecular formula is C16H19FN2O. The molecule has 0 amide bonds. The lowest BCUT2D eigenvalue weighted by molar-refractivity contribution is 0.299. The molecule has 3 nitrogen and oxygen atoms in total. The molecule has 0 bridgehead atoms. The molecule has 0 aliphatic rings. The minimum Gasteiger partial charge on any atom is -0.487 e. The Morgan fingerprint density at radius 1 is 1.25 bits per heavy atom. The van der Waals surface area contributed by atoms with E-state index in [1.165, 1.54) is 6.07 Å². The van der Waals surface area contributed by atoms with Crippen LogP contribution < -0.4 is 10.1 Å². The number of nitrogens with zero attached hydrogens (tertiary/aromatic N) is 1. The summed E-state index contributed by atoms with van der Waals surface area (Å²) in [5.74, 6) is 0.267. The molecule has 0 spiro atoms. The standard InChI is InChI=1S/C16H19FN2O/c1-3-18-9-13-5-6-14(19-10-13)11-20-15-7-4-12(2)16(17)8-15/h4-8,10,18H,3,9,11H2,1-2H3. The van der Waals surface area contributed by atoms with Crippen LogP contribution in [0.15, 0.2) is 36.5 Å². The Bertz CT molecular complexity index is 555. The van der Waals surface area contributed by atoms with Gasteiger partial charge < -0.3 is 10.1 Å². The number of aromatic nitrogens is 1. The topological polar surface area (TPSA) is 34.1 Å². The van der Waals surface area contributed by atoms with Crippen molar-refractivity contribution < 1.29 is 9.13 Å². The van der Waals surface area contributed by atoms with Gasteiger partial charge in [0, 0.05) is 18.8 Å². The number of aryl methyl sites for hydroxylation is 1. The van der Waals surface area contributed by atoms with E-state index in [1.807, 2.05) is 18.3 Å². The molecule has 20 heavy (non-hydrogen) atoms. The summed E-state index contributed by atoms with van der Waals surface area (Å²) in [7, 11) is 0. The minimum absolute atomic E-state index is 0.253. The van der Waals surface area contributed by atoms with Crippen molar-refractivity contribution in [2.45, 2.75) is 27.0 Å². The van der Waals surface area contributed by atoms with Crippen molar-refractivity contribution >= 4 is 0 Å². The Hall–Kier alpha value is -1.94. The van der Waals surface area contributed by atoms with Crippen molar-refractivity contribution in [1.82, 2.24) is 10.3 Å². The maximum atomic E-state index is 13.4. The summed E-state index contributed by atoms with van der Waals surface area (Å²) in [6, 6.07) is 8.81. The Morgan fingerprint density at radius 2 is 2.10 bits per heavy atom. The Kier molecular flexibility index (Phi) is 5.07. The van der Waals surface area contributed by atoms with Crippen LogP contribution in [0.3, 0.4) is 0 Å². The summed E-state index contributed by atoms with van der Waals surface area (Å²) in [5, 5.41) is 3.24. The fraction of sp³-hybridized carbons (Fsp3) is 0.312. The van der Waals surface area contributed by atoms with E-state index in [0.717, 1.165) is 24.3 Å². The summed E-state index contributed by atoms with van der Waals surface area (Å²) < 4.78 is 18.9. The van der Waals surface area contributed by atoms with E-state index in [9.17, 15) is 4.39 Å². The number of hydrogen-bond donors (Lipinski definition) is 1. The van der Waals surface area contributed by atoms with Crippen molar-refractivity contribution in [3.8, 4) is 5.75 Å². The highest BCUT2D eigenvalue weighted by molar-refractivity contribution is 5.28. The van der Waals surface area contributed by atoms with Gasteiger partial charge in [0.05, 0.1) is 5.69 Å². The normalized spacial score (nSPS) is 10.6. The van der Waals surface area contributed by atoms with Crippen LogP contribution in [0.5, 0.6) is 5.75 Å². The quantitative estimate of drug-likeness (QED) is 0.878. The van der Waals surface area contributed by atoms with Crippen LogP contribution in [-0.4, -0.2) is 11.5 Å². The van der Waals surface area contributed by atoms with Gasteiger partial charge in [-0.2, -0.15) is 0 Å². The first kappa shape index (κ1) is 14.5. The molecule has 0 aliphatic carbocycles. The van der Waals surface area contributed by atoms with E-state index in [2.05, 4.69) is 17.2 Å². The van der Waals surface area contributed by atoms with Gasteiger partial charge in [0.25, 0.3) is 0 Å². The fourth-order valence-electron chi connectivity index (χ4n) is 1.74. The van der Waals surface area contributed by atoms with E-state index in [-0.39, 0.29) is 5.82 Å². The summed E-state index contributed by atoms with van der Waals surface area (Å²) in [6.07, 6.45) is 1.83. The first-order valence-corrected chi connectivity index (χ1v) is 6.72. The molecule has 1 heterocycles. The number of halogens is 1. The number of nitrogens with one attached hydrogen (secondary N) is 1. The van der Waals surface area contributed by atoms with Crippen molar-refractivity contribution in [2.75, 3.05) is 6.54 Å². The average Bonchev–Trinajstić information content (AvgIpc) is 2.47. The van der Waals surface area contributed by atoms with Crippen LogP contribution in [0, 0.1) is 12.7 Å². The molecule has 0 aliphatic heterocycles. The molecule has 4 heteroatoms. The van der Waals surface area contributed by atoms with Gasteiger partial charge in [0.15, 0.2) is 0 Å². The van der Waals surface area contributed by atoms with Crippen LogP contribution in [0.4, 0.5) is 4.39 Å². The number of hydrogen-bond acceptors (Lipinski definition) is 3. The summed E-state index contributed by atoms with van der Waals surface area (Å²) in [4.78, 5) is 4.33. The lowest BCUT2D eigenvalue weighted by Crippen LogP contribution is -2.12. The lowest BCUT2D eigenvalue weighted by Gasteiger charge is -2.07. The number of ether oxygens (including phenoxy) is 1. The number of rotatable bonds is 6. The highest BCUT2D eigenvalue weighted by atomic mass is 19.1. The molecule has 0 saturated carbocycles. The minimum atomic E-state index is -0.253. The van der Waals surface area contributed by atoms with Gasteiger partial charge >= 0.3 is 0 Å². The van der Waals surface area contributed by atoms with Gasteiger partial charge in [-0.25, -0.2) is 4.39 Å². The average molecular weight is 274 g/mol. The van der Waals surface area contributed by atoms with E-state index in [0.29, 0.717) is 17.9 Å². The zero-order chi connectivity index (χ0) is 14.4. The molecule has 2 aromatic rings. The molecule has 1 aromatic carbocycles. The second-order valence-electron chi connectivity index (χ2n) is 4.64. The molecule has 1 N–H and O–H groups in total. The van der Waals surface area contributed by atoms with Gasteiger partial charge in [-0.1, -0.05) is 19.1 Å². The third-order valence-electron chi connectivity index (χ3n) is 3.00. The molecule has 2 rings (SSSR count). The molecular weight excluding hydrogens is 255 g/mol. The highest BCUT2D eigenvalue weighted by Crippen LogP contribution is 2.16. The third-order valence-corrected chi connectivity index (χ3v) is 3.00. The van der Waals surface area contributed by atoms with Crippen molar-refractivity contribution in [3.05, 3.63) is 59.2 Å². The number of benzene rings is 1. The summed E-state index contributed by atoms with van der Waals surface area (Å²) >= 11 is 0.